The number of rotatable bonds is 5. The zero-order chi connectivity index (χ0) is 16.9. The van der Waals surface area contributed by atoms with Gasteiger partial charge in [-0.3, -0.25) is 0 Å². The first-order valence-electron chi connectivity index (χ1n) is 9.11. The number of carbonyl (C=O) groups excluding carboxylic acids is 1. The first-order valence-corrected chi connectivity index (χ1v) is 9.11. The number of hydrogen-bond donors (Lipinski definition) is 1. The first-order chi connectivity index (χ1) is 11.6. The zero-order valence-corrected chi connectivity index (χ0v) is 14.8. The fourth-order valence-corrected chi connectivity index (χ4v) is 3.47. The summed E-state index contributed by atoms with van der Waals surface area (Å²) in [5, 5.41) is 3.10. The quantitative estimate of drug-likeness (QED) is 0.902. The van der Waals surface area contributed by atoms with Crippen molar-refractivity contribution in [3.63, 3.8) is 0 Å². The van der Waals surface area contributed by atoms with Crippen LogP contribution in [-0.2, 0) is 6.54 Å². The average Bonchev–Trinajstić information content (AvgIpc) is 2.92. The van der Waals surface area contributed by atoms with Gasteiger partial charge in [0.25, 0.3) is 0 Å². The summed E-state index contributed by atoms with van der Waals surface area (Å²) in [5.41, 5.74) is 1.04. The van der Waals surface area contributed by atoms with E-state index in [0.717, 1.165) is 50.3 Å². The lowest BCUT2D eigenvalue weighted by molar-refractivity contribution is 0.170. The number of nitrogens with one attached hydrogen (secondary N) is 1. The van der Waals surface area contributed by atoms with Gasteiger partial charge in [-0.15, -0.1) is 0 Å². The molecule has 2 bridgehead atoms. The van der Waals surface area contributed by atoms with Crippen molar-refractivity contribution < 1.29 is 9.53 Å². The van der Waals surface area contributed by atoms with Crippen LogP contribution in [-0.4, -0.2) is 54.7 Å². The second-order valence-corrected chi connectivity index (χ2v) is 7.24. The molecule has 0 unspecified atom stereocenters. The normalized spacial score (nSPS) is 23.2. The molecule has 1 aromatic carbocycles. The van der Waals surface area contributed by atoms with Crippen molar-refractivity contribution in [1.82, 2.24) is 15.1 Å². The number of piperidine rings is 1. The Morgan fingerprint density at radius 1 is 1.21 bits per heavy atom. The minimum absolute atomic E-state index is 0.0578. The Hall–Kier alpha value is -1.75. The molecule has 0 aromatic heterocycles. The fraction of sp³-hybridized carbons (Fsp3) is 0.632. The van der Waals surface area contributed by atoms with Gasteiger partial charge in [0.15, 0.2) is 0 Å². The molecule has 0 aliphatic carbocycles. The molecule has 5 heteroatoms. The number of amides is 2. The Kier molecular flexibility index (Phi) is 5.61. The van der Waals surface area contributed by atoms with Crippen molar-refractivity contribution in [2.24, 2.45) is 5.92 Å². The maximum absolute atomic E-state index is 12.6. The van der Waals surface area contributed by atoms with Crippen LogP contribution in [0.4, 0.5) is 4.79 Å². The fourth-order valence-electron chi connectivity index (χ4n) is 3.47. The lowest BCUT2D eigenvalue weighted by Gasteiger charge is -2.31. The zero-order valence-electron chi connectivity index (χ0n) is 14.8. The molecule has 132 valence electrons. The Morgan fingerprint density at radius 2 is 1.96 bits per heavy atom. The van der Waals surface area contributed by atoms with E-state index in [0.29, 0.717) is 25.1 Å². The monoisotopic (exact) mass is 331 g/mol. The molecule has 3 aliphatic heterocycles. The molecule has 3 heterocycles. The van der Waals surface area contributed by atoms with Gasteiger partial charge in [-0.25, -0.2) is 4.79 Å². The number of fused-ring (bicyclic) bond motifs is 4. The summed E-state index contributed by atoms with van der Waals surface area (Å²) in [6.45, 7) is 9.55. The van der Waals surface area contributed by atoms with Gasteiger partial charge >= 0.3 is 6.03 Å². The van der Waals surface area contributed by atoms with Crippen molar-refractivity contribution in [2.75, 3.05) is 32.8 Å². The maximum Gasteiger partial charge on any atom is 0.317 e. The van der Waals surface area contributed by atoms with Gasteiger partial charge in [0, 0.05) is 44.3 Å². The third-order valence-electron chi connectivity index (χ3n) is 4.89. The number of para-hydroxylation sites is 1. The van der Waals surface area contributed by atoms with Crippen molar-refractivity contribution in [3.05, 3.63) is 29.8 Å². The number of hydrogen-bond acceptors (Lipinski definition) is 3. The van der Waals surface area contributed by atoms with Gasteiger partial charge in [-0.05, 0) is 24.8 Å². The van der Waals surface area contributed by atoms with Crippen LogP contribution in [0.25, 0.3) is 0 Å². The van der Waals surface area contributed by atoms with E-state index in [1.54, 1.807) is 0 Å². The molecule has 0 saturated carbocycles. The van der Waals surface area contributed by atoms with Crippen molar-refractivity contribution >= 4 is 6.03 Å². The highest BCUT2D eigenvalue weighted by Gasteiger charge is 2.31. The third-order valence-corrected chi connectivity index (χ3v) is 4.89. The van der Waals surface area contributed by atoms with E-state index in [4.69, 9.17) is 4.74 Å². The Labute approximate surface area is 145 Å². The molecule has 0 spiro atoms. The van der Waals surface area contributed by atoms with Crippen LogP contribution in [0.15, 0.2) is 24.3 Å². The summed E-state index contributed by atoms with van der Waals surface area (Å²) < 4.78 is 5.87. The number of nitrogens with zero attached hydrogens (tertiary/aromatic N) is 2. The van der Waals surface area contributed by atoms with Crippen LogP contribution in [0, 0.1) is 5.92 Å². The predicted molar refractivity (Wildman–Crippen MR) is 95.2 cm³/mol. The molecular weight excluding hydrogens is 302 g/mol. The standard InChI is InChI=1S/C19H29N3O2/c1-15(2)14-24-18-6-4-3-5-16(18)13-20-19(23)22-12-11-21-9-7-17(22)8-10-21/h3-6,15,17H,7-14H2,1-2H3,(H,20,23). The van der Waals surface area contributed by atoms with Crippen LogP contribution in [0.5, 0.6) is 5.75 Å². The van der Waals surface area contributed by atoms with Crippen LogP contribution >= 0.6 is 0 Å². The maximum atomic E-state index is 12.6. The van der Waals surface area contributed by atoms with Gasteiger partial charge in [0.05, 0.1) is 6.61 Å². The molecule has 2 amide bonds. The number of ether oxygens (including phenoxy) is 1. The van der Waals surface area contributed by atoms with E-state index in [1.165, 1.54) is 0 Å². The lowest BCUT2D eigenvalue weighted by Crippen LogP contribution is -2.46. The van der Waals surface area contributed by atoms with Crippen molar-refractivity contribution in [1.29, 1.82) is 0 Å². The van der Waals surface area contributed by atoms with E-state index in [-0.39, 0.29) is 6.03 Å². The first kappa shape index (κ1) is 17.1. The highest BCUT2D eigenvalue weighted by molar-refractivity contribution is 5.74. The largest absolute Gasteiger partial charge is 0.493 e. The summed E-state index contributed by atoms with van der Waals surface area (Å²) in [7, 11) is 0. The lowest BCUT2D eigenvalue weighted by atomic mass is 10.1. The molecule has 1 aromatic rings. The third kappa shape index (κ3) is 4.20. The highest BCUT2D eigenvalue weighted by atomic mass is 16.5. The van der Waals surface area contributed by atoms with Gasteiger partial charge in [-0.2, -0.15) is 0 Å². The minimum Gasteiger partial charge on any atom is -0.493 e. The highest BCUT2D eigenvalue weighted by Crippen LogP contribution is 2.22. The van der Waals surface area contributed by atoms with Crippen LogP contribution in [0.2, 0.25) is 0 Å². The second kappa shape index (κ2) is 7.88. The molecule has 5 nitrogen and oxygen atoms in total. The molecule has 3 saturated heterocycles. The summed E-state index contributed by atoms with van der Waals surface area (Å²) in [6, 6.07) is 8.42. The van der Waals surface area contributed by atoms with Gasteiger partial charge in [-0.1, -0.05) is 32.0 Å². The summed E-state index contributed by atoms with van der Waals surface area (Å²) in [5.74, 6) is 1.35. The molecule has 0 radical (unpaired) electrons. The Balaban J connectivity index is 1.58. The summed E-state index contributed by atoms with van der Waals surface area (Å²) in [6.07, 6.45) is 2.20. The van der Waals surface area contributed by atoms with Crippen LogP contribution in [0.1, 0.15) is 32.3 Å². The molecule has 3 aliphatic rings. The predicted octanol–water partition coefficient (Wildman–Crippen LogP) is 2.71. The molecular formula is C19H29N3O2. The van der Waals surface area contributed by atoms with E-state index in [9.17, 15) is 4.79 Å². The van der Waals surface area contributed by atoms with E-state index in [1.807, 2.05) is 29.2 Å². The summed E-state index contributed by atoms with van der Waals surface area (Å²) in [4.78, 5) is 17.1. The van der Waals surface area contributed by atoms with Crippen LogP contribution in [0.3, 0.4) is 0 Å². The van der Waals surface area contributed by atoms with Gasteiger partial charge in [0.2, 0.25) is 0 Å². The average molecular weight is 331 g/mol. The number of urea groups is 1. The minimum atomic E-state index is 0.0578. The van der Waals surface area contributed by atoms with E-state index < -0.39 is 0 Å². The number of benzene rings is 1. The smallest absolute Gasteiger partial charge is 0.317 e. The van der Waals surface area contributed by atoms with E-state index in [2.05, 4.69) is 24.1 Å². The molecule has 24 heavy (non-hydrogen) atoms. The topological polar surface area (TPSA) is 44.8 Å². The molecule has 4 rings (SSSR count). The number of carbonyl (C=O) groups is 1. The molecule has 0 atom stereocenters. The Morgan fingerprint density at radius 3 is 2.71 bits per heavy atom. The van der Waals surface area contributed by atoms with Crippen molar-refractivity contribution in [3.8, 4) is 5.75 Å². The SMILES string of the molecule is CC(C)COc1ccccc1CNC(=O)N1CCN2CCC1CC2. The summed E-state index contributed by atoms with van der Waals surface area (Å²) >= 11 is 0. The Bertz CT molecular complexity index is 553. The molecule has 3 fully saturated rings. The second-order valence-electron chi connectivity index (χ2n) is 7.24. The van der Waals surface area contributed by atoms with Crippen molar-refractivity contribution in [2.45, 2.75) is 39.3 Å². The van der Waals surface area contributed by atoms with Crippen LogP contribution < -0.4 is 10.1 Å². The van der Waals surface area contributed by atoms with Gasteiger partial charge in [0.1, 0.15) is 5.75 Å². The van der Waals surface area contributed by atoms with E-state index >= 15 is 0 Å². The van der Waals surface area contributed by atoms with Gasteiger partial charge < -0.3 is 19.9 Å². The molecule has 1 N–H and O–H groups in total.